The van der Waals surface area contributed by atoms with E-state index in [4.69, 9.17) is 0 Å². The van der Waals surface area contributed by atoms with Gasteiger partial charge in [-0.15, -0.1) is 0 Å². The molecule has 0 amide bonds. The Bertz CT molecular complexity index is 271. The maximum atomic E-state index is 9.87. The van der Waals surface area contributed by atoms with Gasteiger partial charge in [-0.1, -0.05) is 0 Å². The van der Waals surface area contributed by atoms with Gasteiger partial charge in [0.1, 0.15) is 0 Å². The Morgan fingerprint density at radius 1 is 0.261 bits per heavy atom. The Hall–Kier alpha value is 2.59. The molecule has 0 saturated carbocycles. The van der Waals surface area contributed by atoms with Crippen LogP contribution in [0.2, 0.25) is 0 Å². The van der Waals surface area contributed by atoms with E-state index in [1.807, 2.05) is 0 Å². The van der Waals surface area contributed by atoms with Crippen LogP contribution < -0.4 is 51.4 Å². The maximum absolute atomic E-state index is 10.7. The molecule has 0 aliphatic rings. The van der Waals surface area contributed by atoms with Gasteiger partial charge in [-0.2, -0.15) is 0 Å². The second kappa shape index (κ2) is 6.04. The maximum Gasteiger partial charge on any atom is 2.00 e. The van der Waals surface area contributed by atoms with Crippen LogP contribution >= 0.6 is 23.4 Å². The van der Waals surface area contributed by atoms with E-state index in [0.717, 1.165) is 0 Å². The zero-order chi connectivity index (χ0) is 19.2. The molecule has 0 nitrogen and oxygen atoms in total. The largest absolute Gasteiger partial charge is 2.00 e. The molecule has 0 atom stereocenters. The van der Waals surface area contributed by atoms with E-state index in [2.05, 4.69) is 0 Å². The van der Waals surface area contributed by atoms with Crippen molar-refractivity contribution in [2.75, 3.05) is 0 Å². The van der Waals surface area contributed by atoms with Crippen molar-refractivity contribution in [1.29, 1.82) is 0 Å². The zero-order valence-electron chi connectivity index (χ0n) is 9.65. The number of hydrogen-bond acceptors (Lipinski definition) is 0. The van der Waals surface area contributed by atoms with Gasteiger partial charge < -0.3 is 0 Å². The van der Waals surface area contributed by atoms with Gasteiger partial charge in [0.2, 0.25) is 0 Å². The van der Waals surface area contributed by atoms with Gasteiger partial charge in [-0.25, -0.2) is 0 Å². The van der Waals surface area contributed by atoms with Crippen LogP contribution in [0.1, 0.15) is 0 Å². The molecule has 0 bridgehead atoms. The van der Waals surface area contributed by atoms with Crippen LogP contribution in [0.3, 0.4) is 0 Å². The molecule has 146 valence electrons. The molecule has 0 spiro atoms. The number of halogens is 18. The molecule has 0 rings (SSSR count). The summed E-state index contributed by atoms with van der Waals surface area (Å²) in [6.45, 7) is 0. The van der Waals surface area contributed by atoms with E-state index in [-0.39, 0.29) is 78.7 Å². The fraction of sp³-hybridized carbons (Fsp3) is 0. The van der Waals surface area contributed by atoms with Crippen molar-refractivity contribution in [3.8, 4) is 0 Å². The summed E-state index contributed by atoms with van der Waals surface area (Å²) in [6.07, 6.45) is 0. The monoisotopic (exact) mass is 682 g/mol. The Morgan fingerprint density at radius 3 is 0.261 bits per heavy atom. The summed E-state index contributed by atoms with van der Waals surface area (Å²) in [4.78, 5) is 0. The first-order valence-corrected chi connectivity index (χ1v) is 9.13. The summed E-state index contributed by atoms with van der Waals surface area (Å²) in [5, 5.41) is 0. The minimum absolute atomic E-state index is 0. The Labute approximate surface area is 176 Å². The van der Waals surface area contributed by atoms with Gasteiger partial charge >= 0.3 is 178 Å². The van der Waals surface area contributed by atoms with Crippen LogP contribution in [0, 0.1) is 0 Å². The van der Waals surface area contributed by atoms with Gasteiger partial charge in [0, 0.05) is 0 Å². The predicted molar refractivity (Wildman–Crippen MR) is 46.5 cm³/mol. The van der Waals surface area contributed by atoms with E-state index in [1.165, 1.54) is 0 Å². The van der Waals surface area contributed by atoms with Crippen molar-refractivity contribution < 1.29 is 127 Å². The summed E-state index contributed by atoms with van der Waals surface area (Å²) >= 11 is 0. The smallest absolute Gasteiger partial charge is 1.00 e. The summed E-state index contributed by atoms with van der Waals surface area (Å²) in [5.41, 5.74) is 0. The first-order valence-electron chi connectivity index (χ1n) is 3.04. The molecule has 0 aromatic heterocycles. The number of hydrogen-bond donors (Lipinski definition) is 0. The fourth-order valence-corrected chi connectivity index (χ4v) is 0. The van der Waals surface area contributed by atoms with Crippen LogP contribution in [0.5, 0.6) is 0 Å². The molecule has 0 aliphatic carbocycles. The summed E-state index contributed by atoms with van der Waals surface area (Å²) in [6, 6.07) is 0. The van der Waals surface area contributed by atoms with Crippen molar-refractivity contribution >= 4 is 50.7 Å². The Balaban J connectivity index is -0.0000000675. The van der Waals surface area contributed by atoms with Crippen molar-refractivity contribution in [3.05, 3.63) is 0 Å². The first-order chi connectivity index (χ1) is 7.35. The van der Waals surface area contributed by atoms with E-state index >= 15 is 0 Å². The molecule has 2 radical (unpaired) electrons. The van der Waals surface area contributed by atoms with E-state index in [0.29, 0.717) is 0 Å². The topological polar surface area (TPSA) is 0 Å². The quantitative estimate of drug-likeness (QED) is 0.151. The number of rotatable bonds is 0. The minimum atomic E-state index is -10.7. The minimum Gasteiger partial charge on any atom is 1.00 e. The predicted octanol–water partition coefficient (Wildman–Crippen LogP) is 6.77. The van der Waals surface area contributed by atoms with Gasteiger partial charge in [-0.05, 0) is 0 Å². The van der Waals surface area contributed by atoms with Crippen LogP contribution in [0.25, 0.3) is 0 Å². The van der Waals surface area contributed by atoms with Crippen LogP contribution in [-0.2, 0) is 0 Å². The molecule has 0 fully saturated rings. The molecule has 0 aromatic carbocycles. The average Bonchev–Trinajstić information content (AvgIpc) is 1.19. The van der Waals surface area contributed by atoms with Crippen molar-refractivity contribution in [2.45, 2.75) is 0 Å². The molecule has 0 aromatic rings. The molecule has 0 N–H and O–H groups in total. The summed E-state index contributed by atoms with van der Waals surface area (Å²) in [5.74, 6) is 0. The molecule has 23 heavy (non-hydrogen) atoms. The van der Waals surface area contributed by atoms with Crippen molar-refractivity contribution in [1.82, 2.24) is 0 Å². The van der Waals surface area contributed by atoms with E-state index in [9.17, 15) is 75.5 Å². The van der Waals surface area contributed by atoms with Gasteiger partial charge in [-0.3, -0.25) is 0 Å². The molecule has 0 heterocycles. The summed E-state index contributed by atoms with van der Waals surface area (Å²) < 4.78 is 178. The molecule has 0 unspecified atom stereocenters. The third-order valence-electron chi connectivity index (χ3n) is 0. The average molecular weight is 681 g/mol. The zero-order valence-corrected chi connectivity index (χ0v) is 19.3. The van der Waals surface area contributed by atoms with Crippen LogP contribution in [0.15, 0.2) is 0 Å². The normalized spacial score (nSPS) is 21.1. The van der Waals surface area contributed by atoms with Gasteiger partial charge in [0.05, 0.1) is 0 Å². The summed E-state index contributed by atoms with van der Waals surface area (Å²) in [7, 11) is -32.0. The molecular weight excluding hydrogens is 681 g/mol. The van der Waals surface area contributed by atoms with Crippen LogP contribution in [-0.4, -0.2) is 27.3 Å². The fourth-order valence-electron chi connectivity index (χ4n) is 0. The second-order valence-corrected chi connectivity index (χ2v) is 8.62. The second-order valence-electron chi connectivity index (χ2n) is 2.87. The van der Waals surface area contributed by atoms with Crippen molar-refractivity contribution in [3.63, 3.8) is 0 Å². The first kappa shape index (κ1) is 36.5. The van der Waals surface area contributed by atoms with Crippen molar-refractivity contribution in [2.24, 2.45) is 0 Å². The molecule has 0 saturated heterocycles. The third kappa shape index (κ3) is 1870. The Kier molecular flexibility index (Phi) is 9.59. The SMILES string of the molecule is F[P-](F)(F)(F)(F)F.F[P-](F)(F)(F)(F)F.F[P-](F)(F)(F)(F)F.[K+].[Pb+2]. The molecule has 23 heteroatoms. The van der Waals surface area contributed by atoms with Crippen LogP contribution in [0.4, 0.5) is 75.5 Å². The molecule has 0 aliphatic heterocycles. The van der Waals surface area contributed by atoms with E-state index < -0.39 is 23.4 Å². The molecular formula is F18KP3Pb. The third-order valence-corrected chi connectivity index (χ3v) is 0. The van der Waals surface area contributed by atoms with E-state index in [1.54, 1.807) is 0 Å². The van der Waals surface area contributed by atoms with Gasteiger partial charge in [0.15, 0.2) is 0 Å². The van der Waals surface area contributed by atoms with Gasteiger partial charge in [0.25, 0.3) is 0 Å². The Morgan fingerprint density at radius 2 is 0.261 bits per heavy atom. The standard InChI is InChI=1S/3F6P.K.Pb/c3*1-7(2,3,4,5)6;;/q3*-1;+1;+2.